The van der Waals surface area contributed by atoms with Gasteiger partial charge in [-0.2, -0.15) is 0 Å². The van der Waals surface area contributed by atoms with Crippen molar-refractivity contribution >= 4 is 23.9 Å². The Morgan fingerprint density at radius 1 is 1.26 bits per heavy atom. The zero-order valence-corrected chi connectivity index (χ0v) is 23.3. The van der Waals surface area contributed by atoms with Crippen molar-refractivity contribution in [1.82, 2.24) is 0 Å². The van der Waals surface area contributed by atoms with Gasteiger partial charge >= 0.3 is 23.9 Å². The molecule has 1 aromatic heterocycles. The molecule has 4 aliphatic rings. The van der Waals surface area contributed by atoms with Gasteiger partial charge in [0.2, 0.25) is 0 Å². The summed E-state index contributed by atoms with van der Waals surface area (Å²) in [6.07, 6.45) is 4.95. The highest BCUT2D eigenvalue weighted by atomic mass is 16.6. The van der Waals surface area contributed by atoms with Gasteiger partial charge in [0.05, 0.1) is 30.5 Å². The first-order valence-corrected chi connectivity index (χ1v) is 14.0. The van der Waals surface area contributed by atoms with Crippen molar-refractivity contribution in [1.29, 1.82) is 0 Å². The summed E-state index contributed by atoms with van der Waals surface area (Å²) in [5, 5.41) is 0. The van der Waals surface area contributed by atoms with E-state index in [0.29, 0.717) is 31.3 Å². The van der Waals surface area contributed by atoms with Crippen LogP contribution in [0, 0.1) is 34.5 Å². The average molecular weight is 543 g/mol. The standard InChI is InChI=1S/C30H38O9/c1-6-16(3)25(31)37-20-12-22-29(15-36-27(33)23(29)24(20)39-26(32)17(4)7-2)10-8-18(5)30(22)13-21(38-28(30)34)19-9-11-35-14-19/h6,9,11,14,17-18,20-24H,7-8,10,12-13,15H2,1-5H3/b16-6-/t17-,18+,20+,21+,22-,23-,24+,29-,30+/m0/s1. The summed E-state index contributed by atoms with van der Waals surface area (Å²) in [6.45, 7) is 9.22. The van der Waals surface area contributed by atoms with Crippen LogP contribution in [0.15, 0.2) is 34.7 Å². The largest absolute Gasteiger partial charge is 0.472 e. The molecule has 2 saturated heterocycles. The molecule has 0 unspecified atom stereocenters. The number of furan rings is 1. The molecule has 2 aliphatic heterocycles. The lowest BCUT2D eigenvalue weighted by Gasteiger charge is -2.58. The molecule has 0 radical (unpaired) electrons. The first kappa shape index (κ1) is 27.5. The minimum Gasteiger partial charge on any atom is -0.472 e. The second kappa shape index (κ2) is 10.1. The molecule has 2 saturated carbocycles. The van der Waals surface area contributed by atoms with Gasteiger partial charge in [0.1, 0.15) is 18.1 Å². The molecule has 0 bridgehead atoms. The number of esters is 4. The lowest BCUT2D eigenvalue weighted by molar-refractivity contribution is -0.213. The van der Waals surface area contributed by atoms with Crippen molar-refractivity contribution in [2.45, 2.75) is 85.0 Å². The first-order valence-electron chi connectivity index (χ1n) is 14.0. The maximum Gasteiger partial charge on any atom is 0.333 e. The Morgan fingerprint density at radius 3 is 2.69 bits per heavy atom. The molecule has 212 valence electrons. The fourth-order valence-corrected chi connectivity index (χ4v) is 7.45. The number of allylic oxidation sites excluding steroid dienone is 1. The van der Waals surface area contributed by atoms with Crippen molar-refractivity contribution in [2.24, 2.45) is 34.5 Å². The zero-order chi connectivity index (χ0) is 28.1. The van der Waals surface area contributed by atoms with Crippen molar-refractivity contribution < 1.29 is 42.5 Å². The van der Waals surface area contributed by atoms with Crippen LogP contribution in [0.3, 0.4) is 0 Å². The number of ether oxygens (including phenoxy) is 4. The smallest absolute Gasteiger partial charge is 0.333 e. The summed E-state index contributed by atoms with van der Waals surface area (Å²) < 4.78 is 28.9. The molecular weight excluding hydrogens is 504 g/mol. The predicted octanol–water partition coefficient (Wildman–Crippen LogP) is 4.70. The van der Waals surface area contributed by atoms with Crippen LogP contribution in [0.25, 0.3) is 0 Å². The van der Waals surface area contributed by atoms with Crippen LogP contribution in [0.4, 0.5) is 0 Å². The lowest BCUT2D eigenvalue weighted by atomic mass is 9.43. The summed E-state index contributed by atoms with van der Waals surface area (Å²) in [5.41, 5.74) is -0.476. The van der Waals surface area contributed by atoms with E-state index in [-0.39, 0.29) is 36.8 Å². The van der Waals surface area contributed by atoms with Crippen molar-refractivity contribution in [3.05, 3.63) is 35.8 Å². The summed E-state index contributed by atoms with van der Waals surface area (Å²) in [7, 11) is 0. The first-order chi connectivity index (χ1) is 18.6. The van der Waals surface area contributed by atoms with E-state index in [4.69, 9.17) is 23.4 Å². The molecule has 9 nitrogen and oxygen atoms in total. The van der Waals surface area contributed by atoms with Crippen molar-refractivity contribution in [3.8, 4) is 0 Å². The number of carbonyl (C=O) groups excluding carboxylic acids is 4. The zero-order valence-electron chi connectivity index (χ0n) is 23.3. The van der Waals surface area contributed by atoms with Gasteiger partial charge in [0, 0.05) is 23.0 Å². The van der Waals surface area contributed by atoms with E-state index >= 15 is 0 Å². The third-order valence-electron chi connectivity index (χ3n) is 10.1. The van der Waals surface area contributed by atoms with E-state index in [1.54, 1.807) is 45.4 Å². The highest BCUT2D eigenvalue weighted by Gasteiger charge is 2.74. The Balaban J connectivity index is 1.59. The number of fused-ring (bicyclic) bond motifs is 1. The number of hydrogen-bond acceptors (Lipinski definition) is 9. The van der Waals surface area contributed by atoms with Crippen molar-refractivity contribution in [3.63, 3.8) is 0 Å². The molecule has 5 rings (SSSR count). The summed E-state index contributed by atoms with van der Waals surface area (Å²) >= 11 is 0. The van der Waals surface area contributed by atoms with Gasteiger partial charge in [-0.3, -0.25) is 14.4 Å². The van der Waals surface area contributed by atoms with E-state index in [2.05, 4.69) is 6.92 Å². The maximum atomic E-state index is 13.9. The highest BCUT2D eigenvalue weighted by molar-refractivity contribution is 5.88. The fraction of sp³-hybridized carbons (Fsp3) is 0.667. The molecule has 9 heteroatoms. The molecule has 0 N–H and O–H groups in total. The molecule has 39 heavy (non-hydrogen) atoms. The molecule has 0 aromatic carbocycles. The van der Waals surface area contributed by atoms with Crippen molar-refractivity contribution in [2.75, 3.05) is 6.61 Å². The van der Waals surface area contributed by atoms with E-state index < -0.39 is 53.0 Å². The molecule has 0 amide bonds. The highest BCUT2D eigenvalue weighted by Crippen LogP contribution is 2.68. The molecule has 1 aromatic rings. The molecule has 9 atom stereocenters. The van der Waals surface area contributed by atoms with Crippen LogP contribution in [0.1, 0.15) is 78.4 Å². The van der Waals surface area contributed by atoms with E-state index in [0.717, 1.165) is 5.56 Å². The quantitative estimate of drug-likeness (QED) is 0.286. The minimum atomic E-state index is -1.00. The minimum absolute atomic E-state index is 0.0401. The Hall–Kier alpha value is -3.10. The predicted molar refractivity (Wildman–Crippen MR) is 137 cm³/mol. The van der Waals surface area contributed by atoms with Gasteiger partial charge < -0.3 is 23.4 Å². The number of cyclic esters (lactones) is 2. The van der Waals surface area contributed by atoms with Gasteiger partial charge in [-0.15, -0.1) is 0 Å². The second-order valence-electron chi connectivity index (χ2n) is 11.9. The third-order valence-corrected chi connectivity index (χ3v) is 10.1. The SMILES string of the molecule is C/C=C(/C)C(=O)O[C@@H]1C[C@H]2[C@]3(CC[C@@H](C)[C@]24C[C@H](c2ccoc2)OC4=O)COC(=O)[C@@H]3[C@@H]1OC(=O)[C@@H](C)CC. The Morgan fingerprint density at radius 2 is 2.03 bits per heavy atom. The summed E-state index contributed by atoms with van der Waals surface area (Å²) in [5.74, 6) is -3.44. The third kappa shape index (κ3) is 4.19. The monoisotopic (exact) mass is 542 g/mol. The van der Waals surface area contributed by atoms with E-state index in [1.807, 2.05) is 6.92 Å². The van der Waals surface area contributed by atoms with Crippen LogP contribution in [0.5, 0.6) is 0 Å². The van der Waals surface area contributed by atoms with Gasteiger partial charge in [0.25, 0.3) is 0 Å². The Labute approximate surface area is 228 Å². The van der Waals surface area contributed by atoms with E-state index in [9.17, 15) is 19.2 Å². The number of hydrogen-bond donors (Lipinski definition) is 0. The Kier molecular flexibility index (Phi) is 7.14. The van der Waals surface area contributed by atoms with Crippen LogP contribution >= 0.6 is 0 Å². The van der Waals surface area contributed by atoms with Gasteiger partial charge in [-0.1, -0.05) is 26.8 Å². The molecule has 2 spiro atoms. The van der Waals surface area contributed by atoms with Crippen LogP contribution in [-0.2, 0) is 38.1 Å². The molecule has 4 fully saturated rings. The normalized spacial score (nSPS) is 38.4. The molecule has 2 aliphatic carbocycles. The molecule has 3 heterocycles. The van der Waals surface area contributed by atoms with Crippen LogP contribution in [0.2, 0.25) is 0 Å². The van der Waals surface area contributed by atoms with Crippen LogP contribution in [-0.4, -0.2) is 42.7 Å². The average Bonchev–Trinajstić information content (AvgIpc) is 3.65. The topological polar surface area (TPSA) is 118 Å². The van der Waals surface area contributed by atoms with Gasteiger partial charge in [-0.05, 0) is 57.4 Å². The summed E-state index contributed by atoms with van der Waals surface area (Å²) in [4.78, 5) is 53.3. The maximum absolute atomic E-state index is 13.9. The second-order valence-corrected chi connectivity index (χ2v) is 11.9. The lowest BCUT2D eigenvalue weighted by Crippen LogP contribution is -2.64. The van der Waals surface area contributed by atoms with E-state index in [1.165, 1.54) is 0 Å². The van der Waals surface area contributed by atoms with Gasteiger partial charge in [0.15, 0.2) is 6.10 Å². The van der Waals surface area contributed by atoms with Gasteiger partial charge in [-0.25, -0.2) is 4.79 Å². The number of rotatable bonds is 6. The molecular formula is C30H38O9. The number of carbonyl (C=O) groups is 4. The van der Waals surface area contributed by atoms with Crippen LogP contribution < -0.4 is 0 Å². The fourth-order valence-electron chi connectivity index (χ4n) is 7.45. The summed E-state index contributed by atoms with van der Waals surface area (Å²) in [6, 6.07) is 1.79. The Bertz CT molecular complexity index is 1170.